The number of rotatable bonds is 3. The van der Waals surface area contributed by atoms with Crippen LogP contribution >= 0.6 is 0 Å². The second kappa shape index (κ2) is 7.37. The number of aliphatic hydroxyl groups excluding tert-OH is 1. The van der Waals surface area contributed by atoms with Crippen LogP contribution in [0, 0.1) is 6.92 Å². The third-order valence-electron chi connectivity index (χ3n) is 6.16. The molecule has 1 aromatic heterocycles. The molecule has 1 amide bonds. The van der Waals surface area contributed by atoms with Crippen LogP contribution in [0.3, 0.4) is 0 Å². The summed E-state index contributed by atoms with van der Waals surface area (Å²) in [5.41, 5.74) is 1.70. The summed E-state index contributed by atoms with van der Waals surface area (Å²) in [7, 11) is 1.61. The number of amides is 1. The Bertz CT molecular complexity index is 913. The molecule has 2 aromatic rings. The first kappa shape index (κ1) is 19.8. The lowest BCUT2D eigenvalue weighted by Crippen LogP contribution is -2.51. The zero-order valence-electron chi connectivity index (χ0n) is 17.5. The van der Waals surface area contributed by atoms with E-state index in [-0.39, 0.29) is 11.9 Å². The topological polar surface area (TPSA) is 76.8 Å². The number of carbonyl (C=O) groups excluding carboxylic acids is 1. The highest BCUT2D eigenvalue weighted by Gasteiger charge is 2.45. The maximum absolute atomic E-state index is 13.1. The Morgan fingerprint density at radius 1 is 1.34 bits per heavy atom. The lowest BCUT2D eigenvalue weighted by atomic mass is 9.83. The number of likely N-dealkylation sites (tertiary alicyclic amines) is 1. The van der Waals surface area contributed by atoms with Crippen molar-refractivity contribution in [3.63, 3.8) is 0 Å². The van der Waals surface area contributed by atoms with Crippen molar-refractivity contribution in [2.24, 2.45) is 0 Å². The molecule has 1 atom stereocenters. The van der Waals surface area contributed by atoms with E-state index in [2.05, 4.69) is 5.10 Å². The monoisotopic (exact) mass is 399 g/mol. The van der Waals surface area contributed by atoms with E-state index >= 15 is 0 Å². The average Bonchev–Trinajstić information content (AvgIpc) is 3.13. The first-order valence-electron chi connectivity index (χ1n) is 10.2. The fourth-order valence-corrected chi connectivity index (χ4v) is 4.35. The van der Waals surface area contributed by atoms with Gasteiger partial charge in [-0.1, -0.05) is 6.07 Å². The molecule has 1 saturated heterocycles. The summed E-state index contributed by atoms with van der Waals surface area (Å²) < 4.78 is 13.5. The summed E-state index contributed by atoms with van der Waals surface area (Å²) >= 11 is 0. The number of fused-ring (bicyclic) bond motifs is 1. The number of carbonyl (C=O) groups is 1. The van der Waals surface area contributed by atoms with E-state index in [0.29, 0.717) is 49.4 Å². The second-order valence-corrected chi connectivity index (χ2v) is 8.38. The molecular weight excluding hydrogens is 370 g/mol. The first-order chi connectivity index (χ1) is 13.8. The average molecular weight is 399 g/mol. The van der Waals surface area contributed by atoms with Gasteiger partial charge in [-0.2, -0.15) is 5.10 Å². The van der Waals surface area contributed by atoms with Crippen LogP contribution in [-0.4, -0.2) is 51.5 Å². The highest BCUT2D eigenvalue weighted by molar-refractivity contribution is 5.96. The number of nitrogens with zero attached hydrogens (tertiary/aromatic N) is 3. The number of piperidine rings is 1. The minimum absolute atomic E-state index is 0.0147. The summed E-state index contributed by atoms with van der Waals surface area (Å²) in [4.78, 5) is 14.9. The predicted molar refractivity (Wildman–Crippen MR) is 108 cm³/mol. The summed E-state index contributed by atoms with van der Waals surface area (Å²) in [5, 5.41) is 15.2. The molecule has 0 bridgehead atoms. The molecule has 7 nitrogen and oxygen atoms in total. The second-order valence-electron chi connectivity index (χ2n) is 8.38. The molecule has 1 fully saturated rings. The number of hydrogen-bond donors (Lipinski definition) is 1. The highest BCUT2D eigenvalue weighted by atomic mass is 16.5. The Morgan fingerprint density at radius 2 is 2.07 bits per heavy atom. The lowest BCUT2D eigenvalue weighted by Gasteiger charge is -2.44. The number of benzene rings is 1. The van der Waals surface area contributed by atoms with Crippen LogP contribution in [0.4, 0.5) is 0 Å². The van der Waals surface area contributed by atoms with Gasteiger partial charge < -0.3 is 19.5 Å². The van der Waals surface area contributed by atoms with Gasteiger partial charge in [-0.3, -0.25) is 9.48 Å². The van der Waals surface area contributed by atoms with Gasteiger partial charge in [0.15, 0.2) is 5.75 Å². The lowest BCUT2D eigenvalue weighted by molar-refractivity contribution is -0.0504. The zero-order valence-corrected chi connectivity index (χ0v) is 17.5. The first-order valence-corrected chi connectivity index (χ1v) is 10.2. The van der Waals surface area contributed by atoms with E-state index in [1.165, 1.54) is 0 Å². The van der Waals surface area contributed by atoms with Crippen molar-refractivity contribution in [2.45, 2.75) is 57.8 Å². The molecule has 4 rings (SSSR count). The van der Waals surface area contributed by atoms with Crippen LogP contribution < -0.4 is 9.47 Å². The fourth-order valence-electron chi connectivity index (χ4n) is 4.35. The Labute approximate surface area is 171 Å². The molecule has 1 N–H and O–H groups in total. The number of hydrogen-bond acceptors (Lipinski definition) is 5. The molecule has 29 heavy (non-hydrogen) atoms. The molecule has 0 radical (unpaired) electrons. The van der Waals surface area contributed by atoms with Gasteiger partial charge in [-0.25, -0.2) is 0 Å². The Balaban J connectivity index is 1.48. The van der Waals surface area contributed by atoms with Crippen LogP contribution in [0.1, 0.15) is 66.9 Å². The molecule has 7 heteroatoms. The van der Waals surface area contributed by atoms with Crippen LogP contribution in [0.5, 0.6) is 11.5 Å². The van der Waals surface area contributed by atoms with Crippen molar-refractivity contribution in [1.82, 2.24) is 14.7 Å². The van der Waals surface area contributed by atoms with E-state index < -0.39 is 11.7 Å². The number of ether oxygens (including phenoxy) is 2. The quantitative estimate of drug-likeness (QED) is 0.857. The van der Waals surface area contributed by atoms with Gasteiger partial charge in [0, 0.05) is 49.5 Å². The highest BCUT2D eigenvalue weighted by Crippen LogP contribution is 2.44. The molecule has 3 heterocycles. The van der Waals surface area contributed by atoms with Crippen LogP contribution in [0.2, 0.25) is 0 Å². The van der Waals surface area contributed by atoms with Gasteiger partial charge in [0.05, 0.1) is 13.3 Å². The number of methoxy groups -OCH3 is 1. The smallest absolute Gasteiger partial charge is 0.254 e. The molecule has 1 unspecified atom stereocenters. The Morgan fingerprint density at radius 3 is 2.72 bits per heavy atom. The van der Waals surface area contributed by atoms with E-state index in [1.807, 2.05) is 54.7 Å². The summed E-state index contributed by atoms with van der Waals surface area (Å²) in [6.45, 7) is 7.19. The van der Waals surface area contributed by atoms with Crippen molar-refractivity contribution < 1.29 is 19.4 Å². The zero-order chi connectivity index (χ0) is 20.8. The van der Waals surface area contributed by atoms with E-state index in [4.69, 9.17) is 9.47 Å². The molecular formula is C22H29N3O4. The summed E-state index contributed by atoms with van der Waals surface area (Å²) in [6.07, 6.45) is 3.12. The van der Waals surface area contributed by atoms with E-state index in [9.17, 15) is 9.90 Å². The standard InChI is InChI=1S/C22H29N3O4/c1-14(2)25-13-19-20(23-25)17(26)12-22(29-19)8-10-24(11-9-22)21(27)16-6-5-7-18(28-4)15(16)3/h5-7,13-14,17,26H,8-12H2,1-4H3. The van der Waals surface area contributed by atoms with Crippen molar-refractivity contribution in [3.8, 4) is 11.5 Å². The van der Waals surface area contributed by atoms with Gasteiger partial charge in [0.2, 0.25) is 0 Å². The van der Waals surface area contributed by atoms with Gasteiger partial charge in [0.25, 0.3) is 5.91 Å². The summed E-state index contributed by atoms with van der Waals surface area (Å²) in [6, 6.07) is 5.76. The molecule has 156 valence electrons. The third-order valence-corrected chi connectivity index (χ3v) is 6.16. The third kappa shape index (κ3) is 3.48. The number of aromatic nitrogens is 2. The van der Waals surface area contributed by atoms with Crippen molar-refractivity contribution in [2.75, 3.05) is 20.2 Å². The van der Waals surface area contributed by atoms with Gasteiger partial charge in [-0.05, 0) is 32.9 Å². The van der Waals surface area contributed by atoms with Crippen LogP contribution in [0.25, 0.3) is 0 Å². The normalized spacial score (nSPS) is 20.5. The van der Waals surface area contributed by atoms with Gasteiger partial charge in [-0.15, -0.1) is 0 Å². The fraction of sp³-hybridized carbons (Fsp3) is 0.545. The minimum Gasteiger partial charge on any atom is -0.496 e. The largest absolute Gasteiger partial charge is 0.496 e. The van der Waals surface area contributed by atoms with Crippen molar-refractivity contribution >= 4 is 5.91 Å². The number of aliphatic hydroxyl groups is 1. The van der Waals surface area contributed by atoms with Crippen molar-refractivity contribution in [3.05, 3.63) is 41.2 Å². The molecule has 1 spiro atoms. The molecule has 0 saturated carbocycles. The molecule has 2 aliphatic rings. The molecule has 2 aliphatic heterocycles. The van der Waals surface area contributed by atoms with Crippen molar-refractivity contribution in [1.29, 1.82) is 0 Å². The molecule has 1 aromatic carbocycles. The summed E-state index contributed by atoms with van der Waals surface area (Å²) in [5.74, 6) is 1.40. The minimum atomic E-state index is -0.637. The van der Waals surface area contributed by atoms with Gasteiger partial charge >= 0.3 is 0 Å². The maximum Gasteiger partial charge on any atom is 0.254 e. The van der Waals surface area contributed by atoms with Gasteiger partial charge in [0.1, 0.15) is 23.1 Å². The predicted octanol–water partition coefficient (Wildman–Crippen LogP) is 3.27. The van der Waals surface area contributed by atoms with E-state index in [0.717, 1.165) is 11.3 Å². The van der Waals surface area contributed by atoms with E-state index in [1.54, 1.807) is 7.11 Å². The maximum atomic E-state index is 13.1. The Kier molecular flexibility index (Phi) is 5.02. The Hall–Kier alpha value is -2.54. The van der Waals surface area contributed by atoms with Crippen LogP contribution in [-0.2, 0) is 0 Å². The SMILES string of the molecule is COc1cccc(C(=O)N2CCC3(CC2)CC(O)c2nn(C(C)C)cc2O3)c1C. The molecule has 0 aliphatic carbocycles. The van der Waals surface area contributed by atoms with Crippen LogP contribution in [0.15, 0.2) is 24.4 Å².